The molecule has 0 aromatic carbocycles. The van der Waals surface area contributed by atoms with E-state index in [9.17, 15) is 18.5 Å². The van der Waals surface area contributed by atoms with Gasteiger partial charge in [0.1, 0.15) is 5.69 Å². The highest BCUT2D eigenvalue weighted by atomic mass is 32.2. The molecule has 98 valence electrons. The van der Waals surface area contributed by atoms with Gasteiger partial charge in [-0.2, -0.15) is 5.10 Å². The Kier molecular flexibility index (Phi) is 2.85. The molecule has 0 amide bonds. The van der Waals surface area contributed by atoms with Gasteiger partial charge in [0.05, 0.1) is 16.7 Å². The third-order valence-corrected chi connectivity index (χ3v) is 4.02. The third kappa shape index (κ3) is 2.21. The van der Waals surface area contributed by atoms with E-state index in [1.165, 1.54) is 17.7 Å². The minimum Gasteiger partial charge on any atom is -0.357 e. The molecule has 1 aromatic rings. The number of rotatable bonds is 3. The molecule has 1 atom stereocenters. The summed E-state index contributed by atoms with van der Waals surface area (Å²) in [5.74, 6) is 0.109. The minimum absolute atomic E-state index is 0.103. The average molecular weight is 272 g/mol. The fourth-order valence-electron chi connectivity index (χ4n) is 1.87. The predicted octanol–water partition coefficient (Wildman–Crippen LogP) is 0.359. The number of aryl methyl sites for hydroxylation is 2. The Morgan fingerprint density at radius 1 is 1.61 bits per heavy atom. The summed E-state index contributed by atoms with van der Waals surface area (Å²) in [6, 6.07) is -0.469. The van der Waals surface area contributed by atoms with Crippen molar-refractivity contribution in [2.45, 2.75) is 13.0 Å². The fourth-order valence-corrected chi connectivity index (χ4v) is 3.10. The normalized spacial score (nSPS) is 21.1. The van der Waals surface area contributed by atoms with Crippen molar-refractivity contribution in [3.63, 3.8) is 0 Å². The molecule has 2 rings (SSSR count). The fraction of sp³-hybridized carbons (Fsp3) is 0.444. The first-order chi connectivity index (χ1) is 8.30. The molecule has 1 N–H and O–H groups in total. The molecule has 0 aliphatic carbocycles. The zero-order valence-electron chi connectivity index (χ0n) is 9.82. The van der Waals surface area contributed by atoms with Crippen molar-refractivity contribution < 1.29 is 13.3 Å². The van der Waals surface area contributed by atoms with Gasteiger partial charge in [0.25, 0.3) is 0 Å². The van der Waals surface area contributed by atoms with Crippen molar-refractivity contribution >= 4 is 21.3 Å². The van der Waals surface area contributed by atoms with Gasteiger partial charge >= 0.3 is 5.69 Å². The molecular formula is C9H12N4O4S. The number of nitrogens with zero attached hydrogens (tertiary/aromatic N) is 3. The smallest absolute Gasteiger partial charge is 0.333 e. The number of nitro groups is 1. The first-order valence-electron chi connectivity index (χ1n) is 5.15. The van der Waals surface area contributed by atoms with E-state index in [2.05, 4.69) is 10.4 Å². The lowest BCUT2D eigenvalue weighted by atomic mass is 10.3. The summed E-state index contributed by atoms with van der Waals surface area (Å²) in [6.45, 7) is 1.53. The molecule has 1 aliphatic rings. The van der Waals surface area contributed by atoms with Crippen LogP contribution in [0, 0.1) is 17.0 Å². The predicted molar refractivity (Wildman–Crippen MR) is 64.9 cm³/mol. The molecule has 8 nitrogen and oxygen atoms in total. The Morgan fingerprint density at radius 2 is 2.28 bits per heavy atom. The SMILES string of the molecule is Cc1nn(C)c(NC2C=CS(=O)(=O)C2)c1[N+](=O)[O-]. The lowest BCUT2D eigenvalue weighted by Gasteiger charge is -2.10. The number of hydrogen-bond acceptors (Lipinski definition) is 6. The highest BCUT2D eigenvalue weighted by molar-refractivity contribution is 7.94. The monoisotopic (exact) mass is 272 g/mol. The van der Waals surface area contributed by atoms with Crippen molar-refractivity contribution in [2.24, 2.45) is 7.05 Å². The van der Waals surface area contributed by atoms with Crippen molar-refractivity contribution in [1.82, 2.24) is 9.78 Å². The Hall–Kier alpha value is -1.90. The van der Waals surface area contributed by atoms with Crippen LogP contribution in [0.4, 0.5) is 11.5 Å². The highest BCUT2D eigenvalue weighted by Gasteiger charge is 2.28. The number of nitrogens with one attached hydrogen (secondary N) is 1. The standard InChI is InChI=1S/C9H12N4O4S/c1-6-8(13(14)15)9(12(2)11-6)10-7-3-4-18(16,17)5-7/h3-4,7,10H,5H2,1-2H3. The molecule has 0 saturated heterocycles. The lowest BCUT2D eigenvalue weighted by Crippen LogP contribution is -2.22. The molecule has 9 heteroatoms. The minimum atomic E-state index is -3.20. The summed E-state index contributed by atoms with van der Waals surface area (Å²) in [6.07, 6.45) is 1.47. The average Bonchev–Trinajstić information content (AvgIpc) is 2.68. The third-order valence-electron chi connectivity index (χ3n) is 2.63. The number of hydrogen-bond donors (Lipinski definition) is 1. The van der Waals surface area contributed by atoms with Crippen LogP contribution < -0.4 is 5.32 Å². The number of aromatic nitrogens is 2. The van der Waals surface area contributed by atoms with E-state index in [1.807, 2.05) is 0 Å². The van der Waals surface area contributed by atoms with Gasteiger partial charge in [-0.25, -0.2) is 13.1 Å². The van der Waals surface area contributed by atoms with E-state index >= 15 is 0 Å². The summed E-state index contributed by atoms with van der Waals surface area (Å²) in [5, 5.41) is 18.8. The summed E-state index contributed by atoms with van der Waals surface area (Å²) < 4.78 is 23.9. The van der Waals surface area contributed by atoms with Crippen LogP contribution in [-0.2, 0) is 16.9 Å². The summed E-state index contributed by atoms with van der Waals surface area (Å²) in [5.41, 5.74) is 0.157. The second-order valence-corrected chi connectivity index (χ2v) is 6.00. The number of anilines is 1. The highest BCUT2D eigenvalue weighted by Crippen LogP contribution is 2.28. The molecule has 0 radical (unpaired) electrons. The van der Waals surface area contributed by atoms with Crippen LogP contribution in [-0.4, -0.2) is 34.9 Å². The molecule has 1 aliphatic heterocycles. The number of sulfone groups is 1. The molecule has 1 aromatic heterocycles. The van der Waals surface area contributed by atoms with Gasteiger partial charge in [0, 0.05) is 12.5 Å². The molecule has 18 heavy (non-hydrogen) atoms. The molecular weight excluding hydrogens is 260 g/mol. The van der Waals surface area contributed by atoms with Crippen molar-refractivity contribution in [3.05, 3.63) is 27.3 Å². The second-order valence-electron chi connectivity index (χ2n) is 4.07. The summed E-state index contributed by atoms with van der Waals surface area (Å²) in [4.78, 5) is 10.4. The van der Waals surface area contributed by atoms with Crippen molar-refractivity contribution in [2.75, 3.05) is 11.1 Å². The molecule has 1 unspecified atom stereocenters. The van der Waals surface area contributed by atoms with Crippen LogP contribution >= 0.6 is 0 Å². The quantitative estimate of drug-likeness (QED) is 0.628. The van der Waals surface area contributed by atoms with Gasteiger partial charge in [0.15, 0.2) is 9.84 Å². The van der Waals surface area contributed by atoms with Gasteiger partial charge in [-0.3, -0.25) is 10.1 Å². The molecule has 0 saturated carbocycles. The van der Waals surface area contributed by atoms with Crippen LogP contribution in [0.25, 0.3) is 0 Å². The van der Waals surface area contributed by atoms with Crippen LogP contribution in [0.5, 0.6) is 0 Å². The van der Waals surface area contributed by atoms with Gasteiger partial charge in [0.2, 0.25) is 5.82 Å². The van der Waals surface area contributed by atoms with Crippen LogP contribution in [0.3, 0.4) is 0 Å². The Morgan fingerprint density at radius 3 is 2.78 bits per heavy atom. The maximum atomic E-state index is 11.3. The van der Waals surface area contributed by atoms with Gasteiger partial charge in [-0.05, 0) is 13.0 Å². The van der Waals surface area contributed by atoms with E-state index in [-0.39, 0.29) is 23.0 Å². The first kappa shape index (κ1) is 12.6. The Labute approximate surface area is 103 Å². The zero-order valence-corrected chi connectivity index (χ0v) is 10.6. The largest absolute Gasteiger partial charge is 0.357 e. The molecule has 0 fully saturated rings. The van der Waals surface area contributed by atoms with Gasteiger partial charge < -0.3 is 5.32 Å². The maximum Gasteiger partial charge on any atom is 0.333 e. The Bertz CT molecular complexity index is 631. The summed E-state index contributed by atoms with van der Waals surface area (Å²) in [7, 11) is -1.63. The molecule has 0 bridgehead atoms. The van der Waals surface area contributed by atoms with E-state index in [0.29, 0.717) is 0 Å². The molecule has 2 heterocycles. The van der Waals surface area contributed by atoms with E-state index in [0.717, 1.165) is 5.41 Å². The lowest BCUT2D eigenvalue weighted by molar-refractivity contribution is -0.384. The molecule has 0 spiro atoms. The van der Waals surface area contributed by atoms with Gasteiger partial charge in [-0.15, -0.1) is 0 Å². The zero-order chi connectivity index (χ0) is 13.5. The van der Waals surface area contributed by atoms with Crippen molar-refractivity contribution in [3.8, 4) is 0 Å². The van der Waals surface area contributed by atoms with Crippen LogP contribution in [0.1, 0.15) is 5.69 Å². The Balaban J connectivity index is 2.31. The maximum absolute atomic E-state index is 11.3. The first-order valence-corrected chi connectivity index (χ1v) is 6.87. The van der Waals surface area contributed by atoms with Crippen LogP contribution in [0.15, 0.2) is 11.5 Å². The van der Waals surface area contributed by atoms with E-state index in [4.69, 9.17) is 0 Å². The van der Waals surface area contributed by atoms with E-state index in [1.54, 1.807) is 7.05 Å². The van der Waals surface area contributed by atoms with Crippen LogP contribution in [0.2, 0.25) is 0 Å². The van der Waals surface area contributed by atoms with Gasteiger partial charge in [-0.1, -0.05) is 0 Å². The summed E-state index contributed by atoms with van der Waals surface area (Å²) >= 11 is 0. The second kappa shape index (κ2) is 4.09. The van der Waals surface area contributed by atoms with Crippen molar-refractivity contribution in [1.29, 1.82) is 0 Å². The topological polar surface area (TPSA) is 107 Å². The van der Waals surface area contributed by atoms with E-state index < -0.39 is 20.8 Å².